The van der Waals surface area contributed by atoms with Crippen LogP contribution in [0.25, 0.3) is 11.1 Å². The van der Waals surface area contributed by atoms with Crippen molar-refractivity contribution >= 4 is 5.69 Å². The van der Waals surface area contributed by atoms with Crippen LogP contribution in [0.2, 0.25) is 0 Å². The fourth-order valence-corrected chi connectivity index (χ4v) is 1.50. The molecule has 2 aromatic rings. The predicted molar refractivity (Wildman–Crippen MR) is 61.4 cm³/mol. The summed E-state index contributed by atoms with van der Waals surface area (Å²) in [7, 11) is 0. The van der Waals surface area contributed by atoms with Crippen LogP contribution in [-0.2, 0) is 0 Å². The lowest BCUT2D eigenvalue weighted by atomic mass is 10.0. The number of rotatable bonds is 1. The quantitative estimate of drug-likeness (QED) is 0.717. The van der Waals surface area contributed by atoms with Gasteiger partial charge >= 0.3 is 0 Å². The van der Waals surface area contributed by atoms with Crippen LogP contribution in [0.3, 0.4) is 0 Å². The molecule has 76 valence electrons. The van der Waals surface area contributed by atoms with E-state index in [-0.39, 0.29) is 0 Å². The molecule has 0 unspecified atom stereocenters. The zero-order chi connectivity index (χ0) is 10.8. The van der Waals surface area contributed by atoms with Crippen molar-refractivity contribution in [3.8, 4) is 11.1 Å². The van der Waals surface area contributed by atoms with Gasteiger partial charge in [0.1, 0.15) is 6.33 Å². The van der Waals surface area contributed by atoms with E-state index in [0.717, 1.165) is 22.4 Å². The van der Waals surface area contributed by atoms with E-state index >= 15 is 0 Å². The molecule has 0 aliphatic rings. The lowest BCUT2D eigenvalue weighted by molar-refractivity contribution is 1.17. The molecule has 0 saturated carbocycles. The topological polar surface area (TPSA) is 51.8 Å². The lowest BCUT2D eigenvalue weighted by Crippen LogP contribution is -1.94. The highest BCUT2D eigenvalue weighted by molar-refractivity contribution is 5.69. The first kappa shape index (κ1) is 9.65. The second-order valence-electron chi connectivity index (χ2n) is 3.63. The van der Waals surface area contributed by atoms with E-state index in [1.165, 1.54) is 11.9 Å². The van der Waals surface area contributed by atoms with Crippen LogP contribution >= 0.6 is 0 Å². The number of aryl methyl sites for hydroxylation is 1. The summed E-state index contributed by atoms with van der Waals surface area (Å²) >= 11 is 0. The van der Waals surface area contributed by atoms with Crippen LogP contribution in [0.5, 0.6) is 0 Å². The summed E-state index contributed by atoms with van der Waals surface area (Å²) in [6.45, 7) is 4.08. The second kappa shape index (κ2) is 3.69. The molecule has 0 fully saturated rings. The highest BCUT2D eigenvalue weighted by atomic mass is 14.8. The van der Waals surface area contributed by atoms with E-state index in [4.69, 9.17) is 5.73 Å². The molecule has 1 heterocycles. The van der Waals surface area contributed by atoms with Crippen molar-refractivity contribution in [1.29, 1.82) is 0 Å². The van der Waals surface area contributed by atoms with Crippen LogP contribution < -0.4 is 5.73 Å². The molecule has 0 spiro atoms. The Morgan fingerprint density at radius 2 is 1.67 bits per heavy atom. The lowest BCUT2D eigenvalue weighted by Gasteiger charge is -2.08. The van der Waals surface area contributed by atoms with Gasteiger partial charge in [-0.2, -0.15) is 0 Å². The number of anilines is 1. The molecule has 0 saturated heterocycles. The summed E-state index contributed by atoms with van der Waals surface area (Å²) in [5, 5.41) is 0. The molecule has 1 aromatic carbocycles. The third kappa shape index (κ3) is 1.81. The van der Waals surface area contributed by atoms with E-state index in [9.17, 15) is 0 Å². The van der Waals surface area contributed by atoms with Crippen molar-refractivity contribution < 1.29 is 0 Å². The van der Waals surface area contributed by atoms with Crippen LogP contribution in [0.1, 0.15) is 11.1 Å². The minimum Gasteiger partial charge on any atom is -0.398 e. The van der Waals surface area contributed by atoms with Gasteiger partial charge in [-0.3, -0.25) is 0 Å². The van der Waals surface area contributed by atoms with Crippen molar-refractivity contribution in [1.82, 2.24) is 9.97 Å². The Bertz CT molecular complexity index is 454. The highest BCUT2D eigenvalue weighted by Crippen LogP contribution is 2.25. The third-order valence-corrected chi connectivity index (χ3v) is 2.60. The number of nitrogens with two attached hydrogens (primary N) is 1. The summed E-state index contributed by atoms with van der Waals surface area (Å²) in [5.74, 6) is 0. The van der Waals surface area contributed by atoms with Gasteiger partial charge in [-0.15, -0.1) is 0 Å². The van der Waals surface area contributed by atoms with Gasteiger partial charge in [0.05, 0.1) is 0 Å². The average molecular weight is 199 g/mol. The minimum atomic E-state index is 0.814. The summed E-state index contributed by atoms with van der Waals surface area (Å²) < 4.78 is 0. The van der Waals surface area contributed by atoms with Gasteiger partial charge in [-0.1, -0.05) is 6.07 Å². The molecule has 0 radical (unpaired) electrons. The molecule has 3 heteroatoms. The normalized spacial score (nSPS) is 10.3. The van der Waals surface area contributed by atoms with Crippen LogP contribution in [0.15, 0.2) is 30.9 Å². The molecule has 0 amide bonds. The maximum absolute atomic E-state index is 5.92. The Labute approximate surface area is 89.0 Å². The molecule has 0 aliphatic carbocycles. The van der Waals surface area contributed by atoms with Gasteiger partial charge in [0.25, 0.3) is 0 Å². The summed E-state index contributed by atoms with van der Waals surface area (Å²) in [6, 6.07) is 4.06. The molecular formula is C12H13N3. The minimum absolute atomic E-state index is 0.814. The SMILES string of the molecule is Cc1cc(-c2cncnc2)cc(N)c1C. The number of nitrogen functional groups attached to an aromatic ring is 1. The Kier molecular flexibility index (Phi) is 2.37. The molecular weight excluding hydrogens is 186 g/mol. The first-order valence-corrected chi connectivity index (χ1v) is 4.80. The van der Waals surface area contributed by atoms with E-state index in [2.05, 4.69) is 23.0 Å². The highest BCUT2D eigenvalue weighted by Gasteiger charge is 2.03. The Balaban J connectivity index is 2.56. The molecule has 0 atom stereocenters. The van der Waals surface area contributed by atoms with Crippen molar-refractivity contribution in [2.45, 2.75) is 13.8 Å². The van der Waals surface area contributed by atoms with E-state index < -0.39 is 0 Å². The number of aromatic nitrogens is 2. The molecule has 3 nitrogen and oxygen atoms in total. The smallest absolute Gasteiger partial charge is 0.115 e. The van der Waals surface area contributed by atoms with E-state index in [1.54, 1.807) is 12.4 Å². The fourth-order valence-electron chi connectivity index (χ4n) is 1.50. The Hall–Kier alpha value is -1.90. The molecule has 1 aromatic heterocycles. The van der Waals surface area contributed by atoms with Crippen molar-refractivity contribution in [3.05, 3.63) is 42.0 Å². The fraction of sp³-hybridized carbons (Fsp3) is 0.167. The first-order valence-electron chi connectivity index (χ1n) is 4.80. The van der Waals surface area contributed by atoms with Crippen LogP contribution in [-0.4, -0.2) is 9.97 Å². The van der Waals surface area contributed by atoms with Crippen LogP contribution in [0.4, 0.5) is 5.69 Å². The van der Waals surface area contributed by atoms with Gasteiger partial charge in [-0.05, 0) is 36.6 Å². The molecule has 0 aliphatic heterocycles. The molecule has 2 N–H and O–H groups in total. The van der Waals surface area contributed by atoms with Crippen molar-refractivity contribution in [2.75, 3.05) is 5.73 Å². The molecule has 2 rings (SSSR count). The standard InChI is InChI=1S/C12H13N3/c1-8-3-10(4-12(13)9(8)2)11-5-14-7-15-6-11/h3-7H,13H2,1-2H3. The zero-order valence-electron chi connectivity index (χ0n) is 8.86. The summed E-state index contributed by atoms with van der Waals surface area (Å²) in [6.07, 6.45) is 5.10. The average Bonchev–Trinajstić information content (AvgIpc) is 2.26. The number of nitrogens with zero attached hydrogens (tertiary/aromatic N) is 2. The van der Waals surface area contributed by atoms with Gasteiger partial charge < -0.3 is 5.73 Å². The summed E-state index contributed by atoms with van der Waals surface area (Å²) in [4.78, 5) is 7.98. The largest absolute Gasteiger partial charge is 0.398 e. The zero-order valence-corrected chi connectivity index (χ0v) is 8.86. The van der Waals surface area contributed by atoms with Gasteiger partial charge in [0.15, 0.2) is 0 Å². The first-order chi connectivity index (χ1) is 7.18. The monoisotopic (exact) mass is 199 g/mol. The molecule has 0 bridgehead atoms. The van der Waals surface area contributed by atoms with Crippen LogP contribution in [0, 0.1) is 13.8 Å². The third-order valence-electron chi connectivity index (χ3n) is 2.60. The van der Waals surface area contributed by atoms with Gasteiger partial charge in [0.2, 0.25) is 0 Å². The van der Waals surface area contributed by atoms with E-state index in [1.807, 2.05) is 13.0 Å². The molecule has 15 heavy (non-hydrogen) atoms. The van der Waals surface area contributed by atoms with E-state index in [0.29, 0.717) is 0 Å². The Morgan fingerprint density at radius 3 is 2.27 bits per heavy atom. The van der Waals surface area contributed by atoms with Crippen molar-refractivity contribution in [2.24, 2.45) is 0 Å². The number of hydrogen-bond donors (Lipinski definition) is 1. The number of hydrogen-bond acceptors (Lipinski definition) is 3. The predicted octanol–water partition coefficient (Wildman–Crippen LogP) is 2.34. The van der Waals surface area contributed by atoms with Gasteiger partial charge in [-0.25, -0.2) is 9.97 Å². The Morgan fingerprint density at radius 1 is 1.00 bits per heavy atom. The maximum atomic E-state index is 5.92. The van der Waals surface area contributed by atoms with Gasteiger partial charge in [0, 0.05) is 23.6 Å². The number of benzene rings is 1. The maximum Gasteiger partial charge on any atom is 0.115 e. The second-order valence-corrected chi connectivity index (χ2v) is 3.63. The van der Waals surface area contributed by atoms with Crippen molar-refractivity contribution in [3.63, 3.8) is 0 Å². The summed E-state index contributed by atoms with van der Waals surface area (Å²) in [5.41, 5.74) is 11.1.